The van der Waals surface area contributed by atoms with Crippen molar-refractivity contribution in [1.82, 2.24) is 15.4 Å². The predicted octanol–water partition coefficient (Wildman–Crippen LogP) is 3.51. The molecular weight excluding hydrogens is 400 g/mol. The number of hydrogen-bond donors (Lipinski definition) is 3. The van der Waals surface area contributed by atoms with Crippen molar-refractivity contribution in [3.8, 4) is 0 Å². The van der Waals surface area contributed by atoms with Crippen LogP contribution in [0.5, 0.6) is 0 Å². The molecule has 9 heteroatoms. The van der Waals surface area contributed by atoms with Crippen molar-refractivity contribution >= 4 is 35.6 Å². The fourth-order valence-corrected chi connectivity index (χ4v) is 3.95. The summed E-state index contributed by atoms with van der Waals surface area (Å²) >= 11 is 1.56. The number of hydrogen-bond acceptors (Lipinski definition) is 8. The molecule has 3 N–H and O–H groups in total. The molecule has 1 amide bonds. The largest absolute Gasteiger partial charge is 0.432 e. The molecule has 0 bridgehead atoms. The molecule has 0 saturated carbocycles. The van der Waals surface area contributed by atoms with Gasteiger partial charge in [-0.15, -0.1) is 16.9 Å². The molecule has 0 radical (unpaired) electrons. The van der Waals surface area contributed by atoms with Crippen molar-refractivity contribution in [2.75, 3.05) is 10.6 Å². The molecule has 30 heavy (non-hydrogen) atoms. The van der Waals surface area contributed by atoms with Crippen LogP contribution in [0.1, 0.15) is 18.1 Å². The van der Waals surface area contributed by atoms with Crippen LogP contribution in [0.2, 0.25) is 0 Å². The number of pyridine rings is 2. The molecule has 0 spiro atoms. The van der Waals surface area contributed by atoms with Crippen LogP contribution in [0.25, 0.3) is 0 Å². The van der Waals surface area contributed by atoms with Crippen LogP contribution in [0.15, 0.2) is 77.1 Å². The molecule has 0 saturated heterocycles. The summed E-state index contributed by atoms with van der Waals surface area (Å²) < 4.78 is 5.86. The van der Waals surface area contributed by atoms with Crippen LogP contribution in [0.3, 0.4) is 0 Å². The molecule has 2 aromatic heterocycles. The predicted molar refractivity (Wildman–Crippen MR) is 117 cm³/mol. The van der Waals surface area contributed by atoms with Crippen molar-refractivity contribution in [2.45, 2.75) is 23.6 Å². The summed E-state index contributed by atoms with van der Waals surface area (Å²) in [5.41, 5.74) is 5.73. The van der Waals surface area contributed by atoms with Gasteiger partial charge in [-0.3, -0.25) is 4.79 Å². The quantitative estimate of drug-likeness (QED) is 0.503. The number of ether oxygens (including phenoxy) is 1. The number of nitrogens with one attached hydrogen (secondary N) is 3. The fraction of sp³-hybridized carbons (Fsp3) is 0.143. The van der Waals surface area contributed by atoms with Crippen molar-refractivity contribution in [3.05, 3.63) is 78.1 Å². The Morgan fingerprint density at radius 1 is 1.13 bits per heavy atom. The maximum absolute atomic E-state index is 11.3. The number of carbonyl (C=O) groups is 1. The second-order valence-corrected chi connectivity index (χ2v) is 7.48. The van der Waals surface area contributed by atoms with Crippen LogP contribution >= 0.6 is 11.8 Å². The van der Waals surface area contributed by atoms with Crippen LogP contribution in [0, 0.1) is 0 Å². The lowest BCUT2D eigenvalue weighted by Crippen LogP contribution is -2.45. The van der Waals surface area contributed by atoms with E-state index in [2.05, 4.69) is 31.1 Å². The molecule has 1 aliphatic heterocycles. The standard InChI is InChI=1S/C21H20N6O2S/c1-15(28)25-19-12-16(9-11-22-19)13-30-20-18(8-5-10-23-20)21(27-24-14-29-21)26-17-6-3-2-4-7-17/h2-12,14,26-27H,13H2,1H3,(H,22,25,28). The first-order chi connectivity index (χ1) is 14.6. The van der Waals surface area contributed by atoms with Crippen molar-refractivity contribution in [1.29, 1.82) is 0 Å². The fourth-order valence-electron chi connectivity index (χ4n) is 2.96. The number of nitrogens with zero attached hydrogens (tertiary/aromatic N) is 3. The van der Waals surface area contributed by atoms with Gasteiger partial charge in [-0.05, 0) is 42.0 Å². The highest BCUT2D eigenvalue weighted by molar-refractivity contribution is 7.98. The number of amides is 1. The van der Waals surface area contributed by atoms with Gasteiger partial charge in [0, 0.05) is 30.8 Å². The van der Waals surface area contributed by atoms with E-state index in [4.69, 9.17) is 4.74 Å². The van der Waals surface area contributed by atoms with Crippen LogP contribution in [-0.2, 0) is 21.1 Å². The van der Waals surface area contributed by atoms with E-state index in [-0.39, 0.29) is 5.91 Å². The van der Waals surface area contributed by atoms with E-state index in [1.807, 2.05) is 54.6 Å². The van der Waals surface area contributed by atoms with E-state index < -0.39 is 5.85 Å². The average Bonchev–Trinajstić information content (AvgIpc) is 3.22. The first-order valence-electron chi connectivity index (χ1n) is 9.25. The molecule has 152 valence electrons. The summed E-state index contributed by atoms with van der Waals surface area (Å²) in [6.45, 7) is 1.46. The van der Waals surface area contributed by atoms with Gasteiger partial charge in [0.05, 0.1) is 5.56 Å². The van der Waals surface area contributed by atoms with E-state index >= 15 is 0 Å². The molecule has 1 atom stereocenters. The molecule has 4 rings (SSSR count). The van der Waals surface area contributed by atoms with Gasteiger partial charge in [0.1, 0.15) is 10.8 Å². The summed E-state index contributed by atoms with van der Waals surface area (Å²) in [5, 5.41) is 10.9. The number of carbonyl (C=O) groups excluding carboxylic acids is 1. The summed E-state index contributed by atoms with van der Waals surface area (Å²) in [6, 6.07) is 17.3. The SMILES string of the molecule is CC(=O)Nc1cc(CSc2ncccc2C2(Nc3ccccc3)NN=CO2)ccn1. The van der Waals surface area contributed by atoms with Crippen molar-refractivity contribution in [2.24, 2.45) is 5.10 Å². The number of thioether (sulfide) groups is 1. The van der Waals surface area contributed by atoms with Crippen LogP contribution in [0.4, 0.5) is 11.5 Å². The Bertz CT molecular complexity index is 1050. The number of benzene rings is 1. The number of rotatable bonds is 7. The lowest BCUT2D eigenvalue weighted by molar-refractivity contribution is -0.114. The summed E-state index contributed by atoms with van der Waals surface area (Å²) in [4.78, 5) is 20.0. The number of aromatic nitrogens is 2. The Morgan fingerprint density at radius 3 is 2.77 bits per heavy atom. The summed E-state index contributed by atoms with van der Waals surface area (Å²) in [7, 11) is 0. The topological polar surface area (TPSA) is 101 Å². The molecule has 8 nitrogen and oxygen atoms in total. The second kappa shape index (κ2) is 8.83. The minimum atomic E-state index is -1.06. The first-order valence-corrected chi connectivity index (χ1v) is 10.2. The second-order valence-electron chi connectivity index (χ2n) is 6.51. The monoisotopic (exact) mass is 420 g/mol. The minimum Gasteiger partial charge on any atom is -0.432 e. The van der Waals surface area contributed by atoms with Gasteiger partial charge < -0.3 is 15.4 Å². The van der Waals surface area contributed by atoms with Gasteiger partial charge in [-0.1, -0.05) is 18.2 Å². The van der Waals surface area contributed by atoms with Crippen LogP contribution in [-0.4, -0.2) is 22.3 Å². The molecular formula is C21H20N6O2S. The molecule has 0 aliphatic carbocycles. The zero-order valence-corrected chi connectivity index (χ0v) is 17.0. The normalized spacial score (nSPS) is 17.1. The Balaban J connectivity index is 1.57. The first kappa shape index (κ1) is 19.7. The highest BCUT2D eigenvalue weighted by Crippen LogP contribution is 2.34. The maximum atomic E-state index is 11.3. The van der Waals surface area contributed by atoms with Gasteiger partial charge >= 0.3 is 5.85 Å². The van der Waals surface area contributed by atoms with Crippen molar-refractivity contribution in [3.63, 3.8) is 0 Å². The molecule has 1 aliphatic rings. The number of anilines is 2. The van der Waals surface area contributed by atoms with Crippen LogP contribution < -0.4 is 16.1 Å². The Hall–Kier alpha value is -3.59. The summed E-state index contributed by atoms with van der Waals surface area (Å²) in [6.07, 6.45) is 4.79. The lowest BCUT2D eigenvalue weighted by Gasteiger charge is -2.30. The number of para-hydroxylation sites is 1. The van der Waals surface area contributed by atoms with E-state index in [9.17, 15) is 4.79 Å². The third-order valence-corrected chi connectivity index (χ3v) is 5.33. The van der Waals surface area contributed by atoms with E-state index in [0.29, 0.717) is 11.6 Å². The van der Waals surface area contributed by atoms with Gasteiger partial charge in [0.25, 0.3) is 0 Å². The maximum Gasteiger partial charge on any atom is 0.305 e. The van der Waals surface area contributed by atoms with E-state index in [1.54, 1.807) is 24.2 Å². The smallest absolute Gasteiger partial charge is 0.305 e. The van der Waals surface area contributed by atoms with Crippen molar-refractivity contribution < 1.29 is 9.53 Å². The molecule has 3 aromatic rings. The van der Waals surface area contributed by atoms with E-state index in [1.165, 1.54) is 13.3 Å². The van der Waals surface area contributed by atoms with Gasteiger partial charge in [-0.2, -0.15) is 0 Å². The third-order valence-electron chi connectivity index (χ3n) is 4.25. The third kappa shape index (κ3) is 4.52. The number of hydrazone groups is 1. The Kier molecular flexibility index (Phi) is 5.80. The zero-order valence-electron chi connectivity index (χ0n) is 16.2. The Labute approximate surface area is 178 Å². The molecule has 1 aromatic carbocycles. The zero-order chi connectivity index (χ0) is 20.8. The highest BCUT2D eigenvalue weighted by atomic mass is 32.2. The average molecular weight is 420 g/mol. The lowest BCUT2D eigenvalue weighted by atomic mass is 10.1. The molecule has 0 fully saturated rings. The molecule has 3 heterocycles. The van der Waals surface area contributed by atoms with E-state index in [0.717, 1.165) is 21.8 Å². The molecule has 1 unspecified atom stereocenters. The minimum absolute atomic E-state index is 0.155. The Morgan fingerprint density at radius 2 is 2.00 bits per heavy atom. The highest BCUT2D eigenvalue weighted by Gasteiger charge is 2.39. The summed E-state index contributed by atoms with van der Waals surface area (Å²) in [5.74, 6) is -0.0465. The van der Waals surface area contributed by atoms with Gasteiger partial charge in [-0.25, -0.2) is 15.4 Å². The van der Waals surface area contributed by atoms with Gasteiger partial charge in [0.2, 0.25) is 5.91 Å². The van der Waals surface area contributed by atoms with Gasteiger partial charge in [0.15, 0.2) is 6.40 Å².